The maximum Gasteiger partial charge on any atom is 0.290 e. The lowest BCUT2D eigenvalue weighted by Crippen LogP contribution is -2.40. The Morgan fingerprint density at radius 2 is 1.97 bits per heavy atom. The number of hydrogen-bond donors (Lipinski definition) is 0. The van der Waals surface area contributed by atoms with E-state index < -0.39 is 9.84 Å². The van der Waals surface area contributed by atoms with Crippen molar-refractivity contribution < 1.29 is 17.6 Å². The van der Waals surface area contributed by atoms with Crippen molar-refractivity contribution in [2.45, 2.75) is 25.9 Å². The Hall–Kier alpha value is -1.83. The first-order valence-electron chi connectivity index (χ1n) is 9.18. The van der Waals surface area contributed by atoms with E-state index >= 15 is 0 Å². The molecule has 5 nitrogen and oxygen atoms in total. The van der Waals surface area contributed by atoms with Crippen LogP contribution >= 0.6 is 27.5 Å². The maximum absolute atomic E-state index is 13.5. The van der Waals surface area contributed by atoms with E-state index in [0.717, 1.165) is 21.0 Å². The molecule has 0 bridgehead atoms. The lowest BCUT2D eigenvalue weighted by Gasteiger charge is -2.28. The molecular weight excluding hydrogens is 478 g/mol. The van der Waals surface area contributed by atoms with Gasteiger partial charge in [0.05, 0.1) is 11.5 Å². The Morgan fingerprint density at radius 1 is 1.24 bits per heavy atom. The van der Waals surface area contributed by atoms with Gasteiger partial charge in [-0.3, -0.25) is 4.79 Å². The summed E-state index contributed by atoms with van der Waals surface area (Å²) in [5.74, 6) is 0.00823. The van der Waals surface area contributed by atoms with Crippen molar-refractivity contribution in [1.82, 2.24) is 4.90 Å². The Bertz CT molecular complexity index is 1190. The van der Waals surface area contributed by atoms with Crippen molar-refractivity contribution in [3.63, 3.8) is 0 Å². The molecule has 0 unspecified atom stereocenters. The number of sulfone groups is 1. The van der Waals surface area contributed by atoms with E-state index in [-0.39, 0.29) is 35.8 Å². The zero-order chi connectivity index (χ0) is 20.8. The molecule has 1 aromatic heterocycles. The van der Waals surface area contributed by atoms with E-state index in [9.17, 15) is 13.2 Å². The summed E-state index contributed by atoms with van der Waals surface area (Å²) in [6.45, 7) is 2.13. The van der Waals surface area contributed by atoms with Gasteiger partial charge in [-0.15, -0.1) is 0 Å². The fourth-order valence-corrected chi connectivity index (χ4v) is 5.92. The van der Waals surface area contributed by atoms with Crippen LogP contribution in [0.25, 0.3) is 11.0 Å². The molecule has 2 heterocycles. The largest absolute Gasteiger partial charge is 0.451 e. The van der Waals surface area contributed by atoms with Gasteiger partial charge in [-0.05, 0) is 49.2 Å². The van der Waals surface area contributed by atoms with E-state index in [1.807, 2.05) is 37.3 Å². The Kier molecular flexibility index (Phi) is 5.48. The number of halogens is 2. The SMILES string of the molecule is Cc1c(C(=O)N(Cc2ccc(Cl)cc2)[C@@H]2CCS(=O)(=O)C2)oc2ccc(Br)cc12. The van der Waals surface area contributed by atoms with Crippen LogP contribution in [0, 0.1) is 6.92 Å². The fourth-order valence-electron chi connectivity index (χ4n) is 3.70. The normalized spacial score (nSPS) is 18.2. The van der Waals surface area contributed by atoms with Gasteiger partial charge < -0.3 is 9.32 Å². The molecule has 1 atom stereocenters. The number of benzene rings is 2. The van der Waals surface area contributed by atoms with Crippen molar-refractivity contribution >= 4 is 54.2 Å². The molecule has 0 spiro atoms. The minimum absolute atomic E-state index is 0.0306. The predicted octanol–water partition coefficient (Wildman–Crippen LogP) is 4.99. The van der Waals surface area contributed by atoms with Crippen molar-refractivity contribution in [2.75, 3.05) is 11.5 Å². The second-order valence-corrected chi connectivity index (χ2v) is 10.9. The Labute approximate surface area is 182 Å². The van der Waals surface area contributed by atoms with Crippen LogP contribution in [-0.4, -0.2) is 36.8 Å². The summed E-state index contributed by atoms with van der Waals surface area (Å²) < 4.78 is 30.9. The van der Waals surface area contributed by atoms with Crippen LogP contribution in [-0.2, 0) is 16.4 Å². The Balaban J connectivity index is 1.73. The molecule has 0 radical (unpaired) electrons. The predicted molar refractivity (Wildman–Crippen MR) is 117 cm³/mol. The highest BCUT2D eigenvalue weighted by Crippen LogP contribution is 2.31. The van der Waals surface area contributed by atoms with Crippen molar-refractivity contribution in [3.05, 3.63) is 68.8 Å². The third kappa shape index (κ3) is 4.22. The number of rotatable bonds is 4. The molecule has 0 N–H and O–H groups in total. The first-order chi connectivity index (χ1) is 13.7. The molecule has 3 aromatic rings. The molecule has 1 aliphatic heterocycles. The van der Waals surface area contributed by atoms with E-state index in [1.54, 1.807) is 17.0 Å². The van der Waals surface area contributed by atoms with Crippen LogP contribution < -0.4 is 0 Å². The molecule has 1 aliphatic rings. The Morgan fingerprint density at radius 3 is 2.62 bits per heavy atom. The standard InChI is InChI=1S/C21H19BrClNO4S/c1-13-18-10-15(22)4-7-19(18)28-20(13)21(25)24(17-8-9-29(26,27)12-17)11-14-2-5-16(23)6-3-14/h2-7,10,17H,8-9,11-12H2,1H3/t17-/m1/s1. The average Bonchev–Trinajstić information content (AvgIpc) is 3.20. The van der Waals surface area contributed by atoms with Gasteiger partial charge in [-0.1, -0.05) is 39.7 Å². The van der Waals surface area contributed by atoms with Gasteiger partial charge in [-0.2, -0.15) is 0 Å². The third-order valence-corrected chi connectivity index (χ3v) is 7.76. The van der Waals surface area contributed by atoms with Gasteiger partial charge in [0.2, 0.25) is 0 Å². The summed E-state index contributed by atoms with van der Waals surface area (Å²) in [5.41, 5.74) is 2.25. The quantitative estimate of drug-likeness (QED) is 0.510. The summed E-state index contributed by atoms with van der Waals surface area (Å²) in [4.78, 5) is 15.1. The van der Waals surface area contributed by atoms with Gasteiger partial charge in [-0.25, -0.2) is 8.42 Å². The molecule has 8 heteroatoms. The van der Waals surface area contributed by atoms with Crippen LogP contribution in [0.1, 0.15) is 28.1 Å². The van der Waals surface area contributed by atoms with Gasteiger partial charge in [0, 0.05) is 33.0 Å². The number of furan rings is 1. The summed E-state index contributed by atoms with van der Waals surface area (Å²) in [6.07, 6.45) is 0.423. The monoisotopic (exact) mass is 495 g/mol. The third-order valence-electron chi connectivity index (χ3n) is 5.27. The van der Waals surface area contributed by atoms with E-state index in [1.165, 1.54) is 0 Å². The number of nitrogens with zero attached hydrogens (tertiary/aromatic N) is 1. The van der Waals surface area contributed by atoms with Gasteiger partial charge in [0.15, 0.2) is 15.6 Å². The highest BCUT2D eigenvalue weighted by atomic mass is 79.9. The zero-order valence-corrected chi connectivity index (χ0v) is 18.9. The van der Waals surface area contributed by atoms with Gasteiger partial charge in [0.25, 0.3) is 5.91 Å². The number of aryl methyl sites for hydroxylation is 1. The molecule has 1 fully saturated rings. The second kappa shape index (κ2) is 7.78. The molecule has 29 heavy (non-hydrogen) atoms. The van der Waals surface area contributed by atoms with Crippen molar-refractivity contribution in [2.24, 2.45) is 0 Å². The fraction of sp³-hybridized carbons (Fsp3) is 0.286. The van der Waals surface area contributed by atoms with Gasteiger partial charge >= 0.3 is 0 Å². The minimum atomic E-state index is -3.15. The van der Waals surface area contributed by atoms with Crippen LogP contribution in [0.3, 0.4) is 0 Å². The smallest absolute Gasteiger partial charge is 0.290 e. The highest BCUT2D eigenvalue weighted by molar-refractivity contribution is 9.10. The van der Waals surface area contributed by atoms with E-state index in [0.29, 0.717) is 17.0 Å². The second-order valence-electron chi connectivity index (χ2n) is 7.31. The van der Waals surface area contributed by atoms with Crippen molar-refractivity contribution in [3.8, 4) is 0 Å². The van der Waals surface area contributed by atoms with Crippen LogP contribution in [0.2, 0.25) is 5.02 Å². The number of carbonyl (C=O) groups excluding carboxylic acids is 1. The summed E-state index contributed by atoms with van der Waals surface area (Å²) in [5, 5.41) is 1.46. The minimum Gasteiger partial charge on any atom is -0.451 e. The lowest BCUT2D eigenvalue weighted by molar-refractivity contribution is 0.0649. The van der Waals surface area contributed by atoms with Crippen LogP contribution in [0.4, 0.5) is 0 Å². The first kappa shape index (κ1) is 20.4. The van der Waals surface area contributed by atoms with Gasteiger partial charge in [0.1, 0.15) is 5.58 Å². The first-order valence-corrected chi connectivity index (χ1v) is 12.2. The molecule has 4 rings (SSSR count). The molecule has 0 saturated carbocycles. The molecular formula is C21H19BrClNO4S. The molecule has 152 valence electrons. The summed E-state index contributed by atoms with van der Waals surface area (Å²) in [7, 11) is -3.15. The van der Waals surface area contributed by atoms with Crippen molar-refractivity contribution in [1.29, 1.82) is 0 Å². The lowest BCUT2D eigenvalue weighted by atomic mass is 10.1. The molecule has 2 aromatic carbocycles. The summed E-state index contributed by atoms with van der Waals surface area (Å²) >= 11 is 9.41. The van der Waals surface area contributed by atoms with Crippen LogP contribution in [0.15, 0.2) is 51.4 Å². The number of carbonyl (C=O) groups is 1. The number of fused-ring (bicyclic) bond motifs is 1. The zero-order valence-electron chi connectivity index (χ0n) is 15.7. The van der Waals surface area contributed by atoms with Crippen LogP contribution in [0.5, 0.6) is 0 Å². The van der Waals surface area contributed by atoms with E-state index in [4.69, 9.17) is 16.0 Å². The molecule has 1 saturated heterocycles. The van der Waals surface area contributed by atoms with E-state index in [2.05, 4.69) is 15.9 Å². The molecule has 1 amide bonds. The summed E-state index contributed by atoms with van der Waals surface area (Å²) in [6, 6.07) is 12.4. The molecule has 0 aliphatic carbocycles. The highest BCUT2D eigenvalue weighted by Gasteiger charge is 2.36. The number of hydrogen-bond acceptors (Lipinski definition) is 4. The number of amides is 1. The maximum atomic E-state index is 13.5. The average molecular weight is 497 g/mol. The topological polar surface area (TPSA) is 67.6 Å².